The minimum Gasteiger partial charge on any atom is -0.352 e. The summed E-state index contributed by atoms with van der Waals surface area (Å²) in [6.07, 6.45) is 6.13. The van der Waals surface area contributed by atoms with Crippen LogP contribution in [0.1, 0.15) is 24.6 Å². The topological polar surface area (TPSA) is 29.9 Å². The average Bonchev–Trinajstić information content (AvgIpc) is 2.78. The normalized spacial score (nSPS) is 10.4. The van der Waals surface area contributed by atoms with E-state index in [2.05, 4.69) is 58.8 Å². The van der Waals surface area contributed by atoms with E-state index in [1.165, 1.54) is 11.3 Å². The van der Waals surface area contributed by atoms with Gasteiger partial charge in [0, 0.05) is 12.7 Å². The first-order chi connectivity index (χ1) is 9.26. The highest BCUT2D eigenvalue weighted by Gasteiger charge is 2.09. The van der Waals surface area contributed by atoms with Crippen molar-refractivity contribution in [2.75, 3.05) is 11.9 Å². The fourth-order valence-electron chi connectivity index (χ4n) is 2.20. The molecule has 19 heavy (non-hydrogen) atoms. The molecule has 1 aromatic carbocycles. The maximum atomic E-state index is 4.53. The Hall–Kier alpha value is -2.03. The third-order valence-corrected chi connectivity index (χ3v) is 3.00. The van der Waals surface area contributed by atoms with Gasteiger partial charge in [0.05, 0.1) is 11.4 Å². The lowest BCUT2D eigenvalue weighted by atomic mass is 10.1. The van der Waals surface area contributed by atoms with Crippen LogP contribution in [-0.2, 0) is 6.42 Å². The van der Waals surface area contributed by atoms with Crippen molar-refractivity contribution in [1.82, 2.24) is 9.55 Å². The molecule has 1 heterocycles. The van der Waals surface area contributed by atoms with Gasteiger partial charge in [-0.05, 0) is 25.0 Å². The van der Waals surface area contributed by atoms with Crippen molar-refractivity contribution in [3.05, 3.63) is 54.4 Å². The van der Waals surface area contributed by atoms with Crippen molar-refractivity contribution >= 4 is 5.95 Å². The minimum absolute atomic E-state index is 0.715. The molecule has 1 aromatic heterocycles. The lowest BCUT2D eigenvalue weighted by molar-refractivity contribution is 0.898. The van der Waals surface area contributed by atoms with Crippen molar-refractivity contribution < 1.29 is 0 Å². The summed E-state index contributed by atoms with van der Waals surface area (Å²) < 4.78 is 2.13. The lowest BCUT2D eigenvalue weighted by Gasteiger charge is -2.12. The number of benzene rings is 1. The van der Waals surface area contributed by atoms with E-state index in [0.29, 0.717) is 6.54 Å². The minimum atomic E-state index is 0.715. The molecule has 2 rings (SSSR count). The van der Waals surface area contributed by atoms with Gasteiger partial charge in [-0.3, -0.25) is 4.57 Å². The Morgan fingerprint density at radius 2 is 2.16 bits per heavy atom. The molecule has 0 aliphatic heterocycles. The summed E-state index contributed by atoms with van der Waals surface area (Å²) in [6.45, 7) is 8.66. The Morgan fingerprint density at radius 1 is 1.37 bits per heavy atom. The fourth-order valence-corrected chi connectivity index (χ4v) is 2.20. The molecular weight excluding hydrogens is 234 g/mol. The number of nitrogens with zero attached hydrogens (tertiary/aromatic N) is 2. The average molecular weight is 255 g/mol. The van der Waals surface area contributed by atoms with Crippen LogP contribution in [0.2, 0.25) is 0 Å². The SMILES string of the molecule is C=CCNc1nc(C)cn1-c1ccccc1CCC. The summed E-state index contributed by atoms with van der Waals surface area (Å²) >= 11 is 0. The van der Waals surface area contributed by atoms with Crippen LogP contribution in [-0.4, -0.2) is 16.1 Å². The lowest BCUT2D eigenvalue weighted by Crippen LogP contribution is -2.07. The molecule has 0 saturated heterocycles. The van der Waals surface area contributed by atoms with Crippen LogP contribution in [0, 0.1) is 6.92 Å². The predicted octanol–water partition coefficient (Wildman–Crippen LogP) is 3.73. The van der Waals surface area contributed by atoms with Gasteiger partial charge in [0.15, 0.2) is 0 Å². The van der Waals surface area contributed by atoms with Gasteiger partial charge < -0.3 is 5.32 Å². The third kappa shape index (κ3) is 3.05. The standard InChI is InChI=1S/C16H21N3/c1-4-8-14-9-6-7-10-15(14)19-12-13(3)18-16(19)17-11-5-2/h5-7,9-10,12H,2,4,8,11H2,1,3H3,(H,17,18). The first-order valence-corrected chi connectivity index (χ1v) is 6.75. The number of aromatic nitrogens is 2. The highest BCUT2D eigenvalue weighted by molar-refractivity contribution is 5.48. The number of imidazole rings is 1. The number of aryl methyl sites for hydroxylation is 2. The molecule has 0 radical (unpaired) electrons. The molecule has 0 fully saturated rings. The molecule has 0 bridgehead atoms. The number of nitrogens with one attached hydrogen (secondary N) is 1. The first kappa shape index (κ1) is 13.4. The Kier molecular flexibility index (Phi) is 4.39. The second-order valence-corrected chi connectivity index (χ2v) is 4.62. The van der Waals surface area contributed by atoms with Crippen LogP contribution < -0.4 is 5.32 Å². The monoisotopic (exact) mass is 255 g/mol. The zero-order chi connectivity index (χ0) is 13.7. The molecule has 0 spiro atoms. The van der Waals surface area contributed by atoms with Gasteiger partial charge in [0.2, 0.25) is 5.95 Å². The molecule has 0 unspecified atom stereocenters. The number of anilines is 1. The molecule has 1 N–H and O–H groups in total. The summed E-state index contributed by atoms with van der Waals surface area (Å²) in [5, 5.41) is 3.29. The van der Waals surface area contributed by atoms with Crippen LogP contribution in [0.3, 0.4) is 0 Å². The first-order valence-electron chi connectivity index (χ1n) is 6.75. The molecule has 0 amide bonds. The molecule has 100 valence electrons. The second kappa shape index (κ2) is 6.23. The van der Waals surface area contributed by atoms with Crippen molar-refractivity contribution in [2.45, 2.75) is 26.7 Å². The third-order valence-electron chi connectivity index (χ3n) is 3.00. The molecule has 3 heteroatoms. The van der Waals surface area contributed by atoms with E-state index in [-0.39, 0.29) is 0 Å². The van der Waals surface area contributed by atoms with E-state index in [0.717, 1.165) is 24.5 Å². The van der Waals surface area contributed by atoms with Gasteiger partial charge in [0.1, 0.15) is 0 Å². The Morgan fingerprint density at radius 3 is 2.89 bits per heavy atom. The van der Waals surface area contributed by atoms with Crippen LogP contribution in [0.25, 0.3) is 5.69 Å². The Bertz CT molecular complexity index is 555. The smallest absolute Gasteiger partial charge is 0.207 e. The largest absolute Gasteiger partial charge is 0.352 e. The number of para-hydroxylation sites is 1. The summed E-state index contributed by atoms with van der Waals surface area (Å²) in [5.74, 6) is 0.876. The molecule has 2 aromatic rings. The van der Waals surface area contributed by atoms with Gasteiger partial charge in [-0.15, -0.1) is 6.58 Å². The number of hydrogen-bond acceptors (Lipinski definition) is 2. The summed E-state index contributed by atoms with van der Waals surface area (Å²) in [5.41, 5.74) is 3.57. The molecule has 0 saturated carbocycles. The van der Waals surface area contributed by atoms with Crippen LogP contribution in [0.4, 0.5) is 5.95 Å². The zero-order valence-corrected chi connectivity index (χ0v) is 11.7. The number of hydrogen-bond donors (Lipinski definition) is 1. The molecule has 0 atom stereocenters. The van der Waals surface area contributed by atoms with E-state index in [1.807, 2.05) is 13.0 Å². The maximum Gasteiger partial charge on any atom is 0.207 e. The second-order valence-electron chi connectivity index (χ2n) is 4.62. The Labute approximate surface area is 115 Å². The quantitative estimate of drug-likeness (QED) is 0.797. The highest BCUT2D eigenvalue weighted by Crippen LogP contribution is 2.21. The van der Waals surface area contributed by atoms with E-state index in [9.17, 15) is 0 Å². The van der Waals surface area contributed by atoms with E-state index < -0.39 is 0 Å². The van der Waals surface area contributed by atoms with E-state index >= 15 is 0 Å². The van der Waals surface area contributed by atoms with E-state index in [1.54, 1.807) is 0 Å². The van der Waals surface area contributed by atoms with Crippen LogP contribution in [0.15, 0.2) is 43.1 Å². The molecular formula is C16H21N3. The van der Waals surface area contributed by atoms with Gasteiger partial charge >= 0.3 is 0 Å². The highest BCUT2D eigenvalue weighted by atomic mass is 15.2. The van der Waals surface area contributed by atoms with Crippen molar-refractivity contribution in [3.8, 4) is 5.69 Å². The summed E-state index contributed by atoms with van der Waals surface area (Å²) in [7, 11) is 0. The number of rotatable bonds is 6. The predicted molar refractivity (Wildman–Crippen MR) is 81.0 cm³/mol. The summed E-state index contributed by atoms with van der Waals surface area (Å²) in [6, 6.07) is 8.49. The van der Waals surface area contributed by atoms with Crippen molar-refractivity contribution in [1.29, 1.82) is 0 Å². The molecule has 3 nitrogen and oxygen atoms in total. The van der Waals surface area contributed by atoms with Crippen molar-refractivity contribution in [3.63, 3.8) is 0 Å². The van der Waals surface area contributed by atoms with Gasteiger partial charge in [-0.25, -0.2) is 4.98 Å². The van der Waals surface area contributed by atoms with Crippen LogP contribution in [0.5, 0.6) is 0 Å². The van der Waals surface area contributed by atoms with Crippen LogP contribution >= 0.6 is 0 Å². The molecule has 0 aliphatic rings. The Balaban J connectivity index is 2.42. The van der Waals surface area contributed by atoms with E-state index in [4.69, 9.17) is 0 Å². The van der Waals surface area contributed by atoms with Gasteiger partial charge in [0.25, 0.3) is 0 Å². The maximum absolute atomic E-state index is 4.53. The fraction of sp³-hybridized carbons (Fsp3) is 0.312. The summed E-state index contributed by atoms with van der Waals surface area (Å²) in [4.78, 5) is 4.53. The van der Waals surface area contributed by atoms with Gasteiger partial charge in [-0.1, -0.05) is 37.6 Å². The van der Waals surface area contributed by atoms with Crippen molar-refractivity contribution in [2.24, 2.45) is 0 Å². The zero-order valence-electron chi connectivity index (χ0n) is 11.7. The van der Waals surface area contributed by atoms with Gasteiger partial charge in [-0.2, -0.15) is 0 Å². The molecule has 0 aliphatic carbocycles.